The summed E-state index contributed by atoms with van der Waals surface area (Å²) < 4.78 is 25.3. The van der Waals surface area contributed by atoms with Crippen molar-refractivity contribution in [2.75, 3.05) is 21.9 Å². The largest absolute Gasteiger partial charge is 0.326 e. The minimum absolute atomic E-state index is 0.0615. The van der Waals surface area contributed by atoms with E-state index in [2.05, 4.69) is 5.32 Å². The Bertz CT molecular complexity index is 882. The zero-order chi connectivity index (χ0) is 18.6. The standard InChI is InChI=1S/C19H21ClN2O3S/c20-16-6-1-4-15(14-16)5-2-7-19(23)21-17-8-10-18(11-9-17)22-12-3-13-26(22,24)25/h1,4,6,8-11,14H,2-3,5,7,12-13H2,(H,21,23). The maximum Gasteiger partial charge on any atom is 0.235 e. The molecule has 0 bridgehead atoms. The van der Waals surface area contributed by atoms with E-state index in [0.29, 0.717) is 35.8 Å². The number of nitrogens with one attached hydrogen (secondary N) is 1. The minimum atomic E-state index is -3.18. The lowest BCUT2D eigenvalue weighted by atomic mass is 10.1. The van der Waals surface area contributed by atoms with Gasteiger partial charge in [0.2, 0.25) is 15.9 Å². The molecule has 0 spiro atoms. The summed E-state index contributed by atoms with van der Waals surface area (Å²) in [6, 6.07) is 14.6. The Balaban J connectivity index is 1.50. The third-order valence-electron chi connectivity index (χ3n) is 4.30. The third-order valence-corrected chi connectivity index (χ3v) is 6.40. The highest BCUT2D eigenvalue weighted by atomic mass is 35.5. The van der Waals surface area contributed by atoms with Crippen LogP contribution in [0.5, 0.6) is 0 Å². The highest BCUT2D eigenvalue weighted by molar-refractivity contribution is 7.93. The summed E-state index contributed by atoms with van der Waals surface area (Å²) >= 11 is 5.95. The summed E-state index contributed by atoms with van der Waals surface area (Å²) in [5.74, 6) is 0.131. The molecule has 138 valence electrons. The molecule has 1 heterocycles. The minimum Gasteiger partial charge on any atom is -0.326 e. The molecule has 0 aliphatic carbocycles. The molecule has 2 aromatic carbocycles. The SMILES string of the molecule is O=C(CCCc1cccc(Cl)c1)Nc1ccc(N2CCCS2(=O)=O)cc1. The van der Waals surface area contributed by atoms with Crippen molar-refractivity contribution >= 4 is 38.9 Å². The van der Waals surface area contributed by atoms with Crippen molar-refractivity contribution in [1.82, 2.24) is 0 Å². The Labute approximate surface area is 159 Å². The highest BCUT2D eigenvalue weighted by Crippen LogP contribution is 2.25. The van der Waals surface area contributed by atoms with Gasteiger partial charge in [0.05, 0.1) is 11.4 Å². The quantitative estimate of drug-likeness (QED) is 0.812. The number of carbonyl (C=O) groups excluding carboxylic acids is 1. The Kier molecular flexibility index (Phi) is 5.84. The van der Waals surface area contributed by atoms with Crippen LogP contribution in [0.15, 0.2) is 48.5 Å². The van der Waals surface area contributed by atoms with Crippen molar-refractivity contribution in [2.24, 2.45) is 0 Å². The lowest BCUT2D eigenvalue weighted by molar-refractivity contribution is -0.116. The number of rotatable bonds is 6. The first-order chi connectivity index (χ1) is 12.4. The van der Waals surface area contributed by atoms with Gasteiger partial charge in [0.15, 0.2) is 0 Å². The van der Waals surface area contributed by atoms with Gasteiger partial charge in [0.25, 0.3) is 0 Å². The van der Waals surface area contributed by atoms with Crippen LogP contribution in [0.1, 0.15) is 24.8 Å². The molecule has 1 aliphatic rings. The number of hydrogen-bond donors (Lipinski definition) is 1. The second kappa shape index (κ2) is 8.10. The molecule has 0 atom stereocenters. The van der Waals surface area contributed by atoms with Crippen LogP contribution in [-0.4, -0.2) is 26.6 Å². The predicted octanol–water partition coefficient (Wildman–Crippen LogP) is 3.84. The van der Waals surface area contributed by atoms with E-state index in [1.54, 1.807) is 24.3 Å². The van der Waals surface area contributed by atoms with Gasteiger partial charge in [-0.2, -0.15) is 0 Å². The molecule has 0 saturated carbocycles. The van der Waals surface area contributed by atoms with Crippen molar-refractivity contribution in [1.29, 1.82) is 0 Å². The van der Waals surface area contributed by atoms with Crippen LogP contribution < -0.4 is 9.62 Å². The van der Waals surface area contributed by atoms with Gasteiger partial charge in [-0.25, -0.2) is 8.42 Å². The molecule has 0 aromatic heterocycles. The van der Waals surface area contributed by atoms with Crippen LogP contribution in [0, 0.1) is 0 Å². The van der Waals surface area contributed by atoms with Crippen LogP contribution in [0.25, 0.3) is 0 Å². The van der Waals surface area contributed by atoms with E-state index in [-0.39, 0.29) is 11.7 Å². The molecule has 5 nitrogen and oxygen atoms in total. The normalized spacial score (nSPS) is 15.8. The fraction of sp³-hybridized carbons (Fsp3) is 0.316. The van der Waals surface area contributed by atoms with Gasteiger partial charge >= 0.3 is 0 Å². The third kappa shape index (κ3) is 4.77. The average Bonchev–Trinajstić information content (AvgIpc) is 2.95. The number of hydrogen-bond acceptors (Lipinski definition) is 3. The van der Waals surface area contributed by atoms with Crippen LogP contribution in [0.3, 0.4) is 0 Å². The smallest absolute Gasteiger partial charge is 0.235 e. The van der Waals surface area contributed by atoms with Crippen molar-refractivity contribution in [3.63, 3.8) is 0 Å². The van der Waals surface area contributed by atoms with Gasteiger partial charge in [-0.05, 0) is 61.2 Å². The zero-order valence-corrected chi connectivity index (χ0v) is 15.9. The van der Waals surface area contributed by atoms with E-state index in [1.165, 1.54) is 4.31 Å². The van der Waals surface area contributed by atoms with E-state index in [9.17, 15) is 13.2 Å². The molecule has 1 amide bonds. The predicted molar refractivity (Wildman–Crippen MR) is 105 cm³/mol. The van der Waals surface area contributed by atoms with Gasteiger partial charge in [-0.1, -0.05) is 23.7 Å². The number of sulfonamides is 1. The van der Waals surface area contributed by atoms with Crippen molar-refractivity contribution in [2.45, 2.75) is 25.7 Å². The van der Waals surface area contributed by atoms with Crippen LogP contribution in [0.4, 0.5) is 11.4 Å². The van der Waals surface area contributed by atoms with Crippen molar-refractivity contribution in [3.8, 4) is 0 Å². The lowest BCUT2D eigenvalue weighted by Crippen LogP contribution is -2.24. The Morgan fingerprint density at radius 3 is 2.58 bits per heavy atom. The molecule has 7 heteroatoms. The molecule has 0 radical (unpaired) electrons. The molecule has 1 saturated heterocycles. The van der Waals surface area contributed by atoms with Gasteiger partial charge in [-0.15, -0.1) is 0 Å². The van der Waals surface area contributed by atoms with E-state index in [0.717, 1.165) is 18.4 Å². The summed E-state index contributed by atoms with van der Waals surface area (Å²) in [6.07, 6.45) is 2.58. The number of benzene rings is 2. The Morgan fingerprint density at radius 2 is 1.92 bits per heavy atom. The fourth-order valence-electron chi connectivity index (χ4n) is 3.01. The van der Waals surface area contributed by atoms with E-state index in [1.807, 2.05) is 24.3 Å². The molecule has 1 N–H and O–H groups in total. The molecule has 2 aromatic rings. The van der Waals surface area contributed by atoms with E-state index < -0.39 is 10.0 Å². The maximum absolute atomic E-state index is 12.1. The number of nitrogens with zero attached hydrogens (tertiary/aromatic N) is 1. The second-order valence-corrected chi connectivity index (χ2v) is 8.77. The molecule has 3 rings (SSSR count). The summed E-state index contributed by atoms with van der Waals surface area (Å²) in [7, 11) is -3.18. The van der Waals surface area contributed by atoms with Crippen molar-refractivity contribution in [3.05, 3.63) is 59.1 Å². The second-order valence-electron chi connectivity index (χ2n) is 6.32. The molecule has 1 fully saturated rings. The fourth-order valence-corrected chi connectivity index (χ4v) is 4.79. The summed E-state index contributed by atoms with van der Waals surface area (Å²) in [6.45, 7) is 0.511. The topological polar surface area (TPSA) is 66.5 Å². The first kappa shape index (κ1) is 18.7. The molecular formula is C19H21ClN2O3S. The molecule has 0 unspecified atom stereocenters. The average molecular weight is 393 g/mol. The number of halogens is 1. The van der Waals surface area contributed by atoms with Crippen LogP contribution in [0.2, 0.25) is 5.02 Å². The van der Waals surface area contributed by atoms with Gasteiger partial charge < -0.3 is 5.32 Å². The molecule has 1 aliphatic heterocycles. The van der Waals surface area contributed by atoms with E-state index in [4.69, 9.17) is 11.6 Å². The van der Waals surface area contributed by atoms with Crippen molar-refractivity contribution < 1.29 is 13.2 Å². The first-order valence-corrected chi connectivity index (χ1v) is 10.6. The van der Waals surface area contributed by atoms with Crippen LogP contribution in [-0.2, 0) is 21.2 Å². The number of carbonyl (C=O) groups is 1. The van der Waals surface area contributed by atoms with Crippen LogP contribution >= 0.6 is 11.6 Å². The first-order valence-electron chi connectivity index (χ1n) is 8.59. The van der Waals surface area contributed by atoms with Gasteiger partial charge in [-0.3, -0.25) is 9.10 Å². The van der Waals surface area contributed by atoms with Gasteiger partial charge in [0, 0.05) is 23.7 Å². The number of anilines is 2. The zero-order valence-electron chi connectivity index (χ0n) is 14.3. The lowest BCUT2D eigenvalue weighted by Gasteiger charge is -2.17. The maximum atomic E-state index is 12.1. The Morgan fingerprint density at radius 1 is 1.15 bits per heavy atom. The summed E-state index contributed by atoms with van der Waals surface area (Å²) in [5.41, 5.74) is 2.42. The monoisotopic (exact) mass is 392 g/mol. The molecule has 26 heavy (non-hydrogen) atoms. The highest BCUT2D eigenvalue weighted by Gasteiger charge is 2.28. The summed E-state index contributed by atoms with van der Waals surface area (Å²) in [4.78, 5) is 12.1. The number of amides is 1. The van der Waals surface area contributed by atoms with E-state index >= 15 is 0 Å². The molecular weight excluding hydrogens is 372 g/mol. The summed E-state index contributed by atoms with van der Waals surface area (Å²) in [5, 5.41) is 3.55. The Hall–Kier alpha value is -2.05. The van der Waals surface area contributed by atoms with Gasteiger partial charge in [0.1, 0.15) is 0 Å². The number of aryl methyl sites for hydroxylation is 1.